The van der Waals surface area contributed by atoms with Gasteiger partial charge in [0.25, 0.3) is 0 Å². The number of nitrogens with two attached hydrogens (primary N) is 1. The number of nitrogens with zero attached hydrogens (tertiary/aromatic N) is 1. The summed E-state index contributed by atoms with van der Waals surface area (Å²) in [6.07, 6.45) is 3.12. The lowest BCUT2D eigenvalue weighted by atomic mass is 9.99. The molecule has 0 radical (unpaired) electrons. The van der Waals surface area contributed by atoms with E-state index in [0.29, 0.717) is 5.82 Å². The van der Waals surface area contributed by atoms with Crippen LogP contribution in [0.2, 0.25) is 0 Å². The second kappa shape index (κ2) is 5.04. The van der Waals surface area contributed by atoms with Gasteiger partial charge in [0, 0.05) is 6.42 Å². The number of anilines is 1. The van der Waals surface area contributed by atoms with Crippen LogP contribution in [-0.2, 0) is 6.42 Å². The third-order valence-electron chi connectivity index (χ3n) is 2.96. The van der Waals surface area contributed by atoms with Crippen LogP contribution in [0.4, 0.5) is 5.82 Å². The first-order valence-electron chi connectivity index (χ1n) is 6.04. The van der Waals surface area contributed by atoms with E-state index in [1.165, 1.54) is 5.56 Å². The number of nitrogen functional groups attached to an aromatic ring is 1. The van der Waals surface area contributed by atoms with Crippen LogP contribution in [0.5, 0.6) is 0 Å². The van der Waals surface area contributed by atoms with Gasteiger partial charge in [-0.3, -0.25) is 0 Å². The lowest BCUT2D eigenvalue weighted by Gasteiger charge is -2.05. The van der Waals surface area contributed by atoms with Crippen LogP contribution in [0.15, 0.2) is 28.8 Å². The van der Waals surface area contributed by atoms with Gasteiger partial charge in [-0.25, -0.2) is 0 Å². The molecule has 17 heavy (non-hydrogen) atoms. The van der Waals surface area contributed by atoms with Gasteiger partial charge in [-0.2, -0.15) is 0 Å². The van der Waals surface area contributed by atoms with Gasteiger partial charge in [0.2, 0.25) is 0 Å². The average Bonchev–Trinajstić information content (AvgIpc) is 2.69. The van der Waals surface area contributed by atoms with Crippen LogP contribution in [0.3, 0.4) is 0 Å². The van der Waals surface area contributed by atoms with E-state index in [1.807, 2.05) is 12.1 Å². The molecule has 2 rings (SSSR count). The van der Waals surface area contributed by atoms with E-state index in [4.69, 9.17) is 10.3 Å². The average molecular weight is 230 g/mol. The topological polar surface area (TPSA) is 52.0 Å². The maximum absolute atomic E-state index is 5.91. The molecule has 0 aliphatic heterocycles. The minimum atomic E-state index is 0.491. The minimum absolute atomic E-state index is 0.491. The summed E-state index contributed by atoms with van der Waals surface area (Å²) in [7, 11) is 0. The molecule has 2 N–H and O–H groups in total. The zero-order valence-electron chi connectivity index (χ0n) is 10.4. The molecule has 2 aromatic rings. The molecule has 0 saturated heterocycles. The standard InChI is InChI=1S/C14H18N2O/c1-3-4-9-12-13(14(15)16-17-12)11-8-6-5-7-10(11)2/h5-8H,3-4,9H2,1-2H3,(H2,15,16). The monoisotopic (exact) mass is 230 g/mol. The van der Waals surface area contributed by atoms with Crippen LogP contribution in [0.25, 0.3) is 11.1 Å². The molecule has 0 aliphatic rings. The maximum Gasteiger partial charge on any atom is 0.175 e. The summed E-state index contributed by atoms with van der Waals surface area (Å²) in [4.78, 5) is 0. The van der Waals surface area contributed by atoms with Gasteiger partial charge in [-0.15, -0.1) is 0 Å². The fourth-order valence-electron chi connectivity index (χ4n) is 1.99. The van der Waals surface area contributed by atoms with Crippen LogP contribution >= 0.6 is 0 Å². The Morgan fingerprint density at radius 1 is 1.29 bits per heavy atom. The van der Waals surface area contributed by atoms with Crippen molar-refractivity contribution in [1.82, 2.24) is 5.16 Å². The van der Waals surface area contributed by atoms with E-state index in [-0.39, 0.29) is 0 Å². The number of rotatable bonds is 4. The number of benzene rings is 1. The van der Waals surface area contributed by atoms with Crippen molar-refractivity contribution in [3.8, 4) is 11.1 Å². The zero-order valence-corrected chi connectivity index (χ0v) is 10.4. The third-order valence-corrected chi connectivity index (χ3v) is 2.96. The van der Waals surface area contributed by atoms with E-state index in [1.54, 1.807) is 0 Å². The second-order valence-corrected chi connectivity index (χ2v) is 4.28. The number of hydrogen-bond donors (Lipinski definition) is 1. The van der Waals surface area contributed by atoms with Crippen LogP contribution in [-0.4, -0.2) is 5.16 Å². The summed E-state index contributed by atoms with van der Waals surface area (Å²) >= 11 is 0. The molecule has 0 spiro atoms. The summed E-state index contributed by atoms with van der Waals surface area (Å²) < 4.78 is 5.33. The zero-order chi connectivity index (χ0) is 12.3. The highest BCUT2D eigenvalue weighted by Crippen LogP contribution is 2.32. The Balaban J connectivity index is 2.44. The predicted molar refractivity (Wildman–Crippen MR) is 69.7 cm³/mol. The van der Waals surface area contributed by atoms with E-state index in [0.717, 1.165) is 36.1 Å². The Kier molecular flexibility index (Phi) is 3.47. The molecule has 3 nitrogen and oxygen atoms in total. The van der Waals surface area contributed by atoms with Gasteiger partial charge >= 0.3 is 0 Å². The van der Waals surface area contributed by atoms with Crippen molar-refractivity contribution >= 4 is 5.82 Å². The molecular weight excluding hydrogens is 212 g/mol. The van der Waals surface area contributed by atoms with Crippen molar-refractivity contribution < 1.29 is 4.52 Å². The van der Waals surface area contributed by atoms with Crippen molar-refractivity contribution in [2.75, 3.05) is 5.73 Å². The Morgan fingerprint density at radius 3 is 2.76 bits per heavy atom. The normalized spacial score (nSPS) is 10.7. The Morgan fingerprint density at radius 2 is 2.06 bits per heavy atom. The van der Waals surface area contributed by atoms with Crippen molar-refractivity contribution in [3.63, 3.8) is 0 Å². The molecule has 0 amide bonds. The molecule has 0 aliphatic carbocycles. The lowest BCUT2D eigenvalue weighted by molar-refractivity contribution is 0.383. The third kappa shape index (κ3) is 2.33. The van der Waals surface area contributed by atoms with Gasteiger partial charge in [-0.05, 0) is 24.5 Å². The Labute approximate surface area is 102 Å². The fraction of sp³-hybridized carbons (Fsp3) is 0.357. The van der Waals surface area contributed by atoms with Gasteiger partial charge in [-0.1, -0.05) is 42.8 Å². The van der Waals surface area contributed by atoms with E-state index < -0.39 is 0 Å². The molecule has 0 atom stereocenters. The first-order valence-corrected chi connectivity index (χ1v) is 6.04. The van der Waals surface area contributed by atoms with Gasteiger partial charge in [0.05, 0.1) is 5.56 Å². The number of unbranched alkanes of at least 4 members (excludes halogenated alkanes) is 1. The summed E-state index contributed by atoms with van der Waals surface area (Å²) in [5.74, 6) is 1.39. The highest BCUT2D eigenvalue weighted by molar-refractivity contribution is 5.77. The van der Waals surface area contributed by atoms with E-state index in [2.05, 4.69) is 31.1 Å². The smallest absolute Gasteiger partial charge is 0.175 e. The molecular formula is C14H18N2O. The van der Waals surface area contributed by atoms with Gasteiger partial charge in [0.15, 0.2) is 5.82 Å². The molecule has 1 aromatic heterocycles. The first-order chi connectivity index (χ1) is 8.24. The fourth-order valence-corrected chi connectivity index (χ4v) is 1.99. The SMILES string of the molecule is CCCCc1onc(N)c1-c1ccccc1C. The quantitative estimate of drug-likeness (QED) is 0.873. The highest BCUT2D eigenvalue weighted by atomic mass is 16.5. The van der Waals surface area contributed by atoms with Crippen molar-refractivity contribution in [1.29, 1.82) is 0 Å². The predicted octanol–water partition coefficient (Wildman–Crippen LogP) is 3.57. The molecule has 0 saturated carbocycles. The van der Waals surface area contributed by atoms with Gasteiger partial charge < -0.3 is 10.3 Å². The Hall–Kier alpha value is -1.77. The number of aromatic nitrogens is 1. The van der Waals surface area contributed by atoms with Crippen LogP contribution in [0, 0.1) is 6.92 Å². The molecule has 90 valence electrons. The lowest BCUT2D eigenvalue weighted by Crippen LogP contribution is -1.92. The minimum Gasteiger partial charge on any atom is -0.380 e. The van der Waals surface area contributed by atoms with Crippen molar-refractivity contribution in [2.24, 2.45) is 0 Å². The largest absolute Gasteiger partial charge is 0.380 e. The molecule has 0 bridgehead atoms. The Bertz CT molecular complexity index is 503. The number of hydrogen-bond acceptors (Lipinski definition) is 3. The highest BCUT2D eigenvalue weighted by Gasteiger charge is 2.16. The second-order valence-electron chi connectivity index (χ2n) is 4.28. The first kappa shape index (κ1) is 11.7. The van der Waals surface area contributed by atoms with Crippen LogP contribution < -0.4 is 5.73 Å². The summed E-state index contributed by atoms with van der Waals surface area (Å²) in [6, 6.07) is 8.17. The van der Waals surface area contributed by atoms with Gasteiger partial charge in [0.1, 0.15) is 5.76 Å². The molecule has 3 heteroatoms. The summed E-state index contributed by atoms with van der Waals surface area (Å²) in [5.41, 5.74) is 9.20. The van der Waals surface area contributed by atoms with Crippen LogP contribution in [0.1, 0.15) is 31.1 Å². The maximum atomic E-state index is 5.91. The molecule has 0 fully saturated rings. The summed E-state index contributed by atoms with van der Waals surface area (Å²) in [6.45, 7) is 4.23. The van der Waals surface area contributed by atoms with Crippen molar-refractivity contribution in [3.05, 3.63) is 35.6 Å². The van der Waals surface area contributed by atoms with E-state index >= 15 is 0 Å². The van der Waals surface area contributed by atoms with E-state index in [9.17, 15) is 0 Å². The number of aryl methyl sites for hydroxylation is 2. The van der Waals surface area contributed by atoms with Crippen molar-refractivity contribution in [2.45, 2.75) is 33.1 Å². The molecule has 0 unspecified atom stereocenters. The summed E-state index contributed by atoms with van der Waals surface area (Å²) in [5, 5.41) is 3.89. The molecule has 1 aromatic carbocycles. The molecule has 1 heterocycles.